The van der Waals surface area contributed by atoms with E-state index in [1.807, 2.05) is 0 Å². The van der Waals surface area contributed by atoms with Crippen LogP contribution in [0.15, 0.2) is 12.7 Å². The van der Waals surface area contributed by atoms with Crippen molar-refractivity contribution in [3.8, 4) is 11.8 Å². The Morgan fingerprint density at radius 1 is 1.80 bits per heavy atom. The third-order valence-electron chi connectivity index (χ3n) is 0.982. The summed E-state index contributed by atoms with van der Waals surface area (Å²) in [5.74, 6) is 4.79. The van der Waals surface area contributed by atoms with E-state index in [9.17, 15) is 4.79 Å². The minimum absolute atomic E-state index is 0.164. The Labute approximate surface area is 61.5 Å². The first-order valence-corrected chi connectivity index (χ1v) is 3.01. The van der Waals surface area contributed by atoms with E-state index in [1.54, 1.807) is 20.0 Å². The first-order valence-electron chi connectivity index (χ1n) is 3.01. The molecule has 0 spiro atoms. The molecule has 10 heavy (non-hydrogen) atoms. The fraction of sp³-hybridized carbons (Fsp3) is 0.375. The van der Waals surface area contributed by atoms with Gasteiger partial charge in [-0.05, 0) is 12.8 Å². The predicted octanol–water partition coefficient (Wildman–Crippen LogP) is 0.654. The van der Waals surface area contributed by atoms with Crippen LogP contribution in [0.4, 0.5) is 0 Å². The molecule has 2 heteroatoms. The van der Waals surface area contributed by atoms with Crippen molar-refractivity contribution >= 4 is 5.91 Å². The highest BCUT2D eigenvalue weighted by atomic mass is 16.2. The summed E-state index contributed by atoms with van der Waals surface area (Å²) in [6.07, 6.45) is 1.66. The Bertz CT molecular complexity index is 185. The molecule has 0 radical (unpaired) electrons. The zero-order chi connectivity index (χ0) is 7.98. The van der Waals surface area contributed by atoms with Crippen molar-refractivity contribution in [3.63, 3.8) is 0 Å². The van der Waals surface area contributed by atoms with Crippen LogP contribution in [0.3, 0.4) is 0 Å². The van der Waals surface area contributed by atoms with Crippen LogP contribution < -0.4 is 0 Å². The highest BCUT2D eigenvalue weighted by Gasteiger charge is 1.99. The second-order valence-electron chi connectivity index (χ2n) is 1.85. The summed E-state index contributed by atoms with van der Waals surface area (Å²) in [5, 5.41) is 0. The predicted molar refractivity (Wildman–Crippen MR) is 41.3 cm³/mol. The van der Waals surface area contributed by atoms with Crippen molar-refractivity contribution in [1.82, 2.24) is 4.90 Å². The number of hydrogen-bond donors (Lipinski definition) is 0. The number of likely N-dealkylation sites (N-methyl/N-ethyl adjacent to an activating group) is 1. The topological polar surface area (TPSA) is 20.3 Å². The van der Waals surface area contributed by atoms with E-state index in [0.29, 0.717) is 6.54 Å². The van der Waals surface area contributed by atoms with E-state index in [4.69, 9.17) is 0 Å². The lowest BCUT2D eigenvalue weighted by Gasteiger charge is -2.09. The van der Waals surface area contributed by atoms with Crippen LogP contribution in [-0.4, -0.2) is 24.4 Å². The molecule has 0 unspecified atom stereocenters. The number of nitrogens with zero attached hydrogens (tertiary/aromatic N) is 1. The second kappa shape index (κ2) is 4.63. The molecule has 0 saturated carbocycles. The summed E-state index contributed by atoms with van der Waals surface area (Å²) in [5.41, 5.74) is 0. The normalized spacial score (nSPS) is 7.40. The quantitative estimate of drug-likeness (QED) is 0.404. The van der Waals surface area contributed by atoms with E-state index in [0.717, 1.165) is 0 Å². The average molecular weight is 137 g/mol. The van der Waals surface area contributed by atoms with Crippen molar-refractivity contribution in [3.05, 3.63) is 12.7 Å². The van der Waals surface area contributed by atoms with Crippen LogP contribution >= 0.6 is 0 Å². The molecule has 0 aliphatic heterocycles. The second-order valence-corrected chi connectivity index (χ2v) is 1.85. The molecule has 0 fully saturated rings. The third-order valence-corrected chi connectivity index (χ3v) is 0.982. The summed E-state index contributed by atoms with van der Waals surface area (Å²) in [7, 11) is 1.69. The molecule has 0 rings (SSSR count). The Hall–Kier alpha value is -1.23. The van der Waals surface area contributed by atoms with Crippen molar-refractivity contribution in [2.75, 3.05) is 13.6 Å². The van der Waals surface area contributed by atoms with Gasteiger partial charge in [0.05, 0.1) is 0 Å². The fourth-order valence-electron chi connectivity index (χ4n) is 0.479. The maximum Gasteiger partial charge on any atom is 0.298 e. The molecule has 0 aromatic rings. The van der Waals surface area contributed by atoms with Gasteiger partial charge in [-0.15, -0.1) is 6.58 Å². The van der Waals surface area contributed by atoms with E-state index in [-0.39, 0.29) is 5.91 Å². The van der Waals surface area contributed by atoms with Crippen molar-refractivity contribution in [2.24, 2.45) is 0 Å². The molecular weight excluding hydrogens is 126 g/mol. The van der Waals surface area contributed by atoms with Crippen LogP contribution in [0, 0.1) is 11.8 Å². The molecule has 0 aromatic carbocycles. The highest BCUT2D eigenvalue weighted by molar-refractivity contribution is 5.93. The van der Waals surface area contributed by atoms with Gasteiger partial charge in [0.15, 0.2) is 0 Å². The van der Waals surface area contributed by atoms with Gasteiger partial charge in [-0.25, -0.2) is 0 Å². The lowest BCUT2D eigenvalue weighted by atomic mass is 10.5. The number of rotatable bonds is 2. The molecule has 0 N–H and O–H groups in total. The Balaban J connectivity index is 3.89. The summed E-state index contributed by atoms with van der Waals surface area (Å²) in [6.45, 7) is 5.69. The minimum atomic E-state index is -0.164. The van der Waals surface area contributed by atoms with Gasteiger partial charge in [0.25, 0.3) is 5.91 Å². The maximum atomic E-state index is 10.8. The van der Waals surface area contributed by atoms with Crippen LogP contribution in [0.2, 0.25) is 0 Å². The SMILES string of the molecule is C=CCN(C)C(=O)C#CC. The van der Waals surface area contributed by atoms with Crippen LogP contribution in [0.1, 0.15) is 6.92 Å². The van der Waals surface area contributed by atoms with Gasteiger partial charge in [-0.3, -0.25) is 4.79 Å². The molecular formula is C8H11NO. The number of carbonyl (C=O) groups excluding carboxylic acids is 1. The van der Waals surface area contributed by atoms with Crippen LogP contribution in [-0.2, 0) is 4.79 Å². The first-order chi connectivity index (χ1) is 4.72. The Morgan fingerprint density at radius 3 is 2.80 bits per heavy atom. The number of hydrogen-bond acceptors (Lipinski definition) is 1. The van der Waals surface area contributed by atoms with Crippen molar-refractivity contribution in [1.29, 1.82) is 0 Å². The fourth-order valence-corrected chi connectivity index (χ4v) is 0.479. The van der Waals surface area contributed by atoms with Gasteiger partial charge < -0.3 is 4.90 Å². The van der Waals surface area contributed by atoms with Gasteiger partial charge in [0.2, 0.25) is 0 Å². The molecule has 1 amide bonds. The van der Waals surface area contributed by atoms with Crippen LogP contribution in [0.25, 0.3) is 0 Å². The molecule has 54 valence electrons. The van der Waals surface area contributed by atoms with E-state index < -0.39 is 0 Å². The van der Waals surface area contributed by atoms with Gasteiger partial charge in [0.1, 0.15) is 0 Å². The van der Waals surface area contributed by atoms with E-state index in [2.05, 4.69) is 18.4 Å². The Morgan fingerprint density at radius 2 is 2.40 bits per heavy atom. The van der Waals surface area contributed by atoms with Crippen molar-refractivity contribution < 1.29 is 4.79 Å². The summed E-state index contributed by atoms with van der Waals surface area (Å²) in [6, 6.07) is 0. The largest absolute Gasteiger partial charge is 0.331 e. The zero-order valence-corrected chi connectivity index (χ0v) is 6.35. The van der Waals surface area contributed by atoms with E-state index >= 15 is 0 Å². The highest BCUT2D eigenvalue weighted by Crippen LogP contribution is 1.81. The standard InChI is InChI=1S/C8H11NO/c1-4-6-8(10)9(3)7-5-2/h5H,2,7H2,1,3H3. The molecule has 0 aliphatic carbocycles. The molecule has 0 bridgehead atoms. The third kappa shape index (κ3) is 2.93. The van der Waals surface area contributed by atoms with Crippen molar-refractivity contribution in [2.45, 2.75) is 6.92 Å². The zero-order valence-electron chi connectivity index (χ0n) is 6.35. The van der Waals surface area contributed by atoms with Gasteiger partial charge in [0, 0.05) is 13.6 Å². The lowest BCUT2D eigenvalue weighted by Crippen LogP contribution is -2.24. The summed E-state index contributed by atoms with van der Waals surface area (Å²) < 4.78 is 0. The minimum Gasteiger partial charge on any atom is -0.331 e. The van der Waals surface area contributed by atoms with E-state index in [1.165, 1.54) is 4.90 Å². The lowest BCUT2D eigenvalue weighted by molar-refractivity contribution is -0.123. The summed E-state index contributed by atoms with van der Waals surface area (Å²) in [4.78, 5) is 12.3. The maximum absolute atomic E-state index is 10.8. The number of amides is 1. The smallest absolute Gasteiger partial charge is 0.298 e. The Kier molecular flexibility index (Phi) is 4.06. The average Bonchev–Trinajstić information content (AvgIpc) is 1.89. The summed E-state index contributed by atoms with van der Waals surface area (Å²) >= 11 is 0. The first kappa shape index (κ1) is 8.77. The van der Waals surface area contributed by atoms with Gasteiger partial charge >= 0.3 is 0 Å². The van der Waals surface area contributed by atoms with Crippen LogP contribution in [0.5, 0.6) is 0 Å². The molecule has 0 heterocycles. The molecule has 2 nitrogen and oxygen atoms in total. The van der Waals surface area contributed by atoms with Gasteiger partial charge in [-0.2, -0.15) is 0 Å². The molecule has 0 atom stereocenters. The number of carbonyl (C=O) groups is 1. The molecule has 0 aromatic heterocycles. The molecule has 0 aliphatic rings. The molecule has 0 saturated heterocycles. The monoisotopic (exact) mass is 137 g/mol. The van der Waals surface area contributed by atoms with Gasteiger partial charge in [-0.1, -0.05) is 12.0 Å².